The first-order valence-corrected chi connectivity index (χ1v) is 11.9. The number of anilines is 2. The molecule has 0 saturated heterocycles. The Morgan fingerprint density at radius 1 is 0.976 bits per heavy atom. The number of fused-ring (bicyclic) bond motifs is 1. The Kier molecular flexibility index (Phi) is 12.5. The van der Waals surface area contributed by atoms with Crippen LogP contribution in [0.4, 0.5) is 11.6 Å². The first-order valence-electron chi connectivity index (χ1n) is 11.9. The number of carbonyl (C=O) groups excluding carboxylic acids is 2. The van der Waals surface area contributed by atoms with Gasteiger partial charge in [-0.25, -0.2) is 14.8 Å². The van der Waals surface area contributed by atoms with Crippen LogP contribution in [0.2, 0.25) is 0 Å². The molecule has 0 unspecified atom stereocenters. The Morgan fingerprint density at radius 3 is 2.21 bits per heavy atom. The number of carboxylic acids is 3. The van der Waals surface area contributed by atoms with Gasteiger partial charge in [-0.1, -0.05) is 30.3 Å². The summed E-state index contributed by atoms with van der Waals surface area (Å²) in [5.74, 6) is -4.28. The molecule has 4 rings (SSSR count). The molecule has 0 spiro atoms. The SMILES string of the molecule is Nc1nc(=O)c2nc(CNc3ccc(C(=O)N[C@@H](CCC(=O)O)C(=O)O)cc3)cnc2[nH]1.O=C([O-])c1ccccc1.[Na+]. The Labute approximate surface area is 259 Å². The van der Waals surface area contributed by atoms with Crippen LogP contribution >= 0.6 is 0 Å². The summed E-state index contributed by atoms with van der Waals surface area (Å²) in [5, 5.41) is 33.3. The minimum absolute atomic E-state index is 0. The summed E-state index contributed by atoms with van der Waals surface area (Å²) in [7, 11) is 0. The second kappa shape index (κ2) is 15.8. The zero-order valence-electron chi connectivity index (χ0n) is 22.2. The quantitative estimate of drug-likeness (QED) is 0.102. The summed E-state index contributed by atoms with van der Waals surface area (Å²) in [6, 6.07) is 12.9. The number of carboxylic acid groups (broad SMARTS) is 3. The van der Waals surface area contributed by atoms with Gasteiger partial charge in [0.2, 0.25) is 5.95 Å². The van der Waals surface area contributed by atoms with Gasteiger partial charge < -0.3 is 41.5 Å². The van der Waals surface area contributed by atoms with Gasteiger partial charge in [-0.15, -0.1) is 0 Å². The van der Waals surface area contributed by atoms with Crippen molar-refractivity contribution >= 4 is 46.6 Å². The summed E-state index contributed by atoms with van der Waals surface area (Å²) in [5.41, 5.74) is 6.69. The van der Waals surface area contributed by atoms with Gasteiger partial charge in [0.25, 0.3) is 5.91 Å². The number of amides is 1. The van der Waals surface area contributed by atoms with Crippen molar-refractivity contribution in [1.82, 2.24) is 25.3 Å². The number of carbonyl (C=O) groups is 4. The average Bonchev–Trinajstić information content (AvgIpc) is 2.95. The van der Waals surface area contributed by atoms with Crippen molar-refractivity contribution in [3.05, 3.63) is 88.0 Å². The third-order valence-electron chi connectivity index (χ3n) is 5.37. The smallest absolute Gasteiger partial charge is 0.545 e. The molecule has 0 fully saturated rings. The van der Waals surface area contributed by atoms with Crippen molar-refractivity contribution in [1.29, 1.82) is 0 Å². The topological polar surface area (TPSA) is 253 Å². The Bertz CT molecular complexity index is 1620. The molecule has 212 valence electrons. The molecule has 0 aliphatic heterocycles. The van der Waals surface area contributed by atoms with Crippen LogP contribution in [0.1, 0.15) is 39.3 Å². The van der Waals surface area contributed by atoms with Crippen molar-refractivity contribution in [2.24, 2.45) is 0 Å². The average molecular weight is 586 g/mol. The molecule has 2 heterocycles. The predicted molar refractivity (Wildman–Crippen MR) is 143 cm³/mol. The Morgan fingerprint density at radius 2 is 1.64 bits per heavy atom. The van der Waals surface area contributed by atoms with Crippen LogP contribution in [0.15, 0.2) is 65.6 Å². The number of aliphatic carboxylic acids is 2. The molecule has 0 aliphatic rings. The normalized spacial score (nSPS) is 10.8. The number of nitrogens with zero attached hydrogens (tertiary/aromatic N) is 3. The number of aromatic amines is 1. The van der Waals surface area contributed by atoms with E-state index >= 15 is 0 Å². The third kappa shape index (κ3) is 9.96. The number of aromatic nitrogens is 4. The fraction of sp³-hybridized carbons (Fsp3) is 0.154. The van der Waals surface area contributed by atoms with Gasteiger partial charge in [0.15, 0.2) is 11.2 Å². The van der Waals surface area contributed by atoms with Gasteiger partial charge in [-0.2, -0.15) is 4.98 Å². The molecule has 4 aromatic rings. The van der Waals surface area contributed by atoms with E-state index in [-0.39, 0.29) is 77.2 Å². The van der Waals surface area contributed by atoms with E-state index in [1.165, 1.54) is 30.5 Å². The van der Waals surface area contributed by atoms with E-state index in [2.05, 4.69) is 30.6 Å². The molecule has 0 radical (unpaired) electrons. The van der Waals surface area contributed by atoms with E-state index in [0.717, 1.165) is 0 Å². The molecule has 0 bridgehead atoms. The van der Waals surface area contributed by atoms with Crippen LogP contribution in [-0.2, 0) is 16.1 Å². The van der Waals surface area contributed by atoms with E-state index in [1.54, 1.807) is 30.3 Å². The predicted octanol–water partition coefficient (Wildman–Crippen LogP) is -2.99. The van der Waals surface area contributed by atoms with Crippen LogP contribution in [0.3, 0.4) is 0 Å². The second-order valence-corrected chi connectivity index (χ2v) is 8.37. The molecule has 2 aromatic carbocycles. The number of H-pyrrole nitrogens is 1. The fourth-order valence-electron chi connectivity index (χ4n) is 3.34. The van der Waals surface area contributed by atoms with Gasteiger partial charge in [-0.3, -0.25) is 14.4 Å². The zero-order chi connectivity index (χ0) is 29.9. The standard InChI is InChI=1S/C19H19N7O6.C7H6O2.Na/c20-19-25-15-14(17(30)26-19)23-11(8-22-15)7-21-10-3-1-9(2-4-10)16(29)24-12(18(31)32)5-6-13(27)28;8-7(9)6-4-2-1-3-5-6;/h1-4,8,12,21H,5-7H2,(H,24,29)(H,27,28)(H,31,32)(H3,20,22,25,26,30);1-5H,(H,8,9);/q;;+1/p-1/t12-;;/m0../s1. The summed E-state index contributed by atoms with van der Waals surface area (Å²) >= 11 is 0. The fourth-order valence-corrected chi connectivity index (χ4v) is 3.34. The first kappa shape index (κ1) is 33.3. The molecular weight excluding hydrogens is 561 g/mol. The summed E-state index contributed by atoms with van der Waals surface area (Å²) in [6.07, 6.45) is 0.858. The number of benzene rings is 2. The number of nitrogens with two attached hydrogens (primary N) is 1. The Hall–Kier alpha value is -4.86. The largest absolute Gasteiger partial charge is 1.00 e. The van der Waals surface area contributed by atoms with Crippen LogP contribution in [0, 0.1) is 0 Å². The monoisotopic (exact) mass is 585 g/mol. The number of nitrogens with one attached hydrogen (secondary N) is 3. The van der Waals surface area contributed by atoms with Gasteiger partial charge in [0.1, 0.15) is 6.04 Å². The molecule has 0 aliphatic carbocycles. The van der Waals surface area contributed by atoms with Crippen molar-refractivity contribution in [3.63, 3.8) is 0 Å². The number of hydrogen-bond donors (Lipinski definition) is 6. The van der Waals surface area contributed by atoms with E-state index in [9.17, 15) is 29.1 Å². The minimum Gasteiger partial charge on any atom is -0.545 e. The van der Waals surface area contributed by atoms with E-state index in [0.29, 0.717) is 11.4 Å². The van der Waals surface area contributed by atoms with Gasteiger partial charge in [0.05, 0.1) is 24.4 Å². The molecule has 15 nitrogen and oxygen atoms in total. The molecular formula is C26H24N7NaO8. The number of aromatic carboxylic acids is 1. The number of nitrogen functional groups attached to an aromatic ring is 1. The summed E-state index contributed by atoms with van der Waals surface area (Å²) < 4.78 is 0. The summed E-state index contributed by atoms with van der Waals surface area (Å²) in [6.45, 7) is 0.231. The van der Waals surface area contributed by atoms with Gasteiger partial charge >= 0.3 is 47.1 Å². The van der Waals surface area contributed by atoms with Crippen LogP contribution < -0.4 is 56.6 Å². The van der Waals surface area contributed by atoms with Crippen LogP contribution in [0.25, 0.3) is 11.2 Å². The molecule has 7 N–H and O–H groups in total. The third-order valence-corrected chi connectivity index (χ3v) is 5.37. The molecule has 42 heavy (non-hydrogen) atoms. The van der Waals surface area contributed by atoms with Crippen molar-refractivity contribution < 1.29 is 64.1 Å². The molecule has 1 atom stereocenters. The maximum atomic E-state index is 12.3. The summed E-state index contributed by atoms with van der Waals surface area (Å²) in [4.78, 5) is 70.6. The molecule has 0 saturated carbocycles. The van der Waals surface area contributed by atoms with Crippen molar-refractivity contribution in [2.45, 2.75) is 25.4 Å². The van der Waals surface area contributed by atoms with Crippen LogP contribution in [-0.4, -0.2) is 60.0 Å². The van der Waals surface area contributed by atoms with Gasteiger partial charge in [0, 0.05) is 17.7 Å². The second-order valence-electron chi connectivity index (χ2n) is 8.37. The van der Waals surface area contributed by atoms with Crippen molar-refractivity contribution in [2.75, 3.05) is 11.1 Å². The Balaban J connectivity index is 0.000000526. The van der Waals surface area contributed by atoms with Crippen molar-refractivity contribution in [3.8, 4) is 0 Å². The minimum atomic E-state index is -1.31. The van der Waals surface area contributed by atoms with E-state index in [4.69, 9.17) is 15.9 Å². The first-order chi connectivity index (χ1) is 19.5. The number of hydrogen-bond acceptors (Lipinski definition) is 11. The van der Waals surface area contributed by atoms with Crippen LogP contribution in [0.5, 0.6) is 0 Å². The molecule has 2 aromatic heterocycles. The maximum Gasteiger partial charge on any atom is 1.00 e. The van der Waals surface area contributed by atoms with E-state index < -0.39 is 35.4 Å². The number of rotatable bonds is 10. The molecule has 1 amide bonds. The maximum absolute atomic E-state index is 12.3. The van der Waals surface area contributed by atoms with Gasteiger partial charge in [-0.05, 0) is 36.2 Å². The molecule has 16 heteroatoms. The van der Waals surface area contributed by atoms with E-state index in [1.807, 2.05) is 0 Å². The zero-order valence-corrected chi connectivity index (χ0v) is 24.2.